The normalized spacial score (nSPS) is 15.9. The first-order valence-electron chi connectivity index (χ1n) is 9.16. The standard InChI is InChI=1S/C22H25NO7/c1-23(2)11-17-18(13-7-8-14(26-3)20(25)21(13)30-17)19(24)12-9-15(27-4)22(29-6)16(10-12)28-5/h7-11,18,25H,1-6H3/b17-11-. The van der Waals surface area contributed by atoms with Gasteiger partial charge in [-0.3, -0.25) is 4.79 Å². The molecule has 1 unspecified atom stereocenters. The lowest BCUT2D eigenvalue weighted by Crippen LogP contribution is -2.16. The largest absolute Gasteiger partial charge is 0.502 e. The lowest BCUT2D eigenvalue weighted by molar-refractivity contribution is 0.0965. The molecule has 30 heavy (non-hydrogen) atoms. The van der Waals surface area contributed by atoms with Crippen molar-refractivity contribution < 1.29 is 33.6 Å². The molecule has 1 aliphatic heterocycles. The number of ketones is 1. The summed E-state index contributed by atoms with van der Waals surface area (Å²) >= 11 is 0. The van der Waals surface area contributed by atoms with E-state index in [4.69, 9.17) is 23.7 Å². The van der Waals surface area contributed by atoms with Crippen LogP contribution < -0.4 is 23.7 Å². The Hall–Kier alpha value is -3.55. The van der Waals surface area contributed by atoms with Crippen molar-refractivity contribution in [2.75, 3.05) is 42.5 Å². The highest BCUT2D eigenvalue weighted by Crippen LogP contribution is 2.51. The molecule has 8 nitrogen and oxygen atoms in total. The average molecular weight is 415 g/mol. The van der Waals surface area contributed by atoms with Crippen molar-refractivity contribution in [2.24, 2.45) is 0 Å². The molecule has 0 saturated heterocycles. The second kappa shape index (κ2) is 8.44. The van der Waals surface area contributed by atoms with E-state index in [0.29, 0.717) is 34.1 Å². The molecular formula is C22H25NO7. The lowest BCUT2D eigenvalue weighted by atomic mass is 9.89. The third kappa shape index (κ3) is 3.56. The van der Waals surface area contributed by atoms with Gasteiger partial charge in [-0.2, -0.15) is 0 Å². The fraction of sp³-hybridized carbons (Fsp3) is 0.318. The van der Waals surface area contributed by atoms with E-state index >= 15 is 0 Å². The zero-order chi connectivity index (χ0) is 22.0. The van der Waals surface area contributed by atoms with Crippen LogP contribution in [-0.2, 0) is 0 Å². The van der Waals surface area contributed by atoms with Gasteiger partial charge in [0.15, 0.2) is 28.8 Å². The molecule has 1 aliphatic rings. The molecule has 1 N–H and O–H groups in total. The SMILES string of the molecule is COc1ccc2c(c1O)O/C(=C\N(C)C)C2C(=O)c1cc(OC)c(OC)c(OC)c1. The summed E-state index contributed by atoms with van der Waals surface area (Å²) < 4.78 is 27.1. The lowest BCUT2D eigenvalue weighted by Gasteiger charge is -2.16. The third-order valence-corrected chi connectivity index (χ3v) is 4.76. The van der Waals surface area contributed by atoms with Crippen LogP contribution in [0, 0.1) is 0 Å². The number of Topliss-reactive ketones (excluding diaryl/α,β-unsaturated/α-hetero) is 1. The maximum atomic E-state index is 13.6. The zero-order valence-electron chi connectivity index (χ0n) is 17.8. The van der Waals surface area contributed by atoms with Gasteiger partial charge in [-0.05, 0) is 18.2 Å². The number of ether oxygens (including phenoxy) is 5. The summed E-state index contributed by atoms with van der Waals surface area (Å²) in [5, 5.41) is 10.5. The van der Waals surface area contributed by atoms with Crippen LogP contribution >= 0.6 is 0 Å². The minimum absolute atomic E-state index is 0.153. The molecule has 0 radical (unpaired) electrons. The molecule has 8 heteroatoms. The van der Waals surface area contributed by atoms with E-state index in [-0.39, 0.29) is 23.0 Å². The van der Waals surface area contributed by atoms with Crippen LogP contribution in [0.15, 0.2) is 36.2 Å². The van der Waals surface area contributed by atoms with E-state index in [1.165, 1.54) is 28.4 Å². The van der Waals surface area contributed by atoms with Crippen LogP contribution in [0.4, 0.5) is 0 Å². The molecule has 0 bridgehead atoms. The molecule has 3 rings (SSSR count). The molecular weight excluding hydrogens is 390 g/mol. The summed E-state index contributed by atoms with van der Waals surface area (Å²) in [6.07, 6.45) is 1.70. The third-order valence-electron chi connectivity index (χ3n) is 4.76. The van der Waals surface area contributed by atoms with Gasteiger partial charge in [-0.25, -0.2) is 0 Å². The molecule has 0 aliphatic carbocycles. The van der Waals surface area contributed by atoms with Crippen molar-refractivity contribution >= 4 is 5.78 Å². The molecule has 0 saturated carbocycles. The number of phenols is 1. The number of nitrogens with zero attached hydrogens (tertiary/aromatic N) is 1. The Balaban J connectivity index is 2.16. The summed E-state index contributed by atoms with van der Waals surface area (Å²) in [4.78, 5) is 15.4. The molecule has 0 spiro atoms. The second-order valence-electron chi connectivity index (χ2n) is 6.84. The van der Waals surface area contributed by atoms with Gasteiger partial charge < -0.3 is 33.7 Å². The number of hydrogen-bond acceptors (Lipinski definition) is 8. The number of carbonyl (C=O) groups excluding carboxylic acids is 1. The Morgan fingerprint density at radius 2 is 1.60 bits per heavy atom. The highest BCUT2D eigenvalue weighted by Gasteiger charge is 2.39. The molecule has 1 atom stereocenters. The zero-order valence-corrected chi connectivity index (χ0v) is 17.8. The number of phenolic OH excluding ortho intramolecular Hbond substituents is 1. The molecule has 1 heterocycles. The summed E-state index contributed by atoms with van der Waals surface area (Å²) in [6.45, 7) is 0. The fourth-order valence-electron chi connectivity index (χ4n) is 3.41. The number of fused-ring (bicyclic) bond motifs is 1. The quantitative estimate of drug-likeness (QED) is 0.690. The Bertz CT molecular complexity index is 972. The monoisotopic (exact) mass is 415 g/mol. The Morgan fingerprint density at radius 1 is 1.00 bits per heavy atom. The highest BCUT2D eigenvalue weighted by atomic mass is 16.5. The van der Waals surface area contributed by atoms with Gasteiger partial charge in [0.2, 0.25) is 11.5 Å². The first-order valence-corrected chi connectivity index (χ1v) is 9.16. The Labute approximate surface area is 175 Å². The van der Waals surface area contributed by atoms with Crippen LogP contribution in [-0.4, -0.2) is 58.3 Å². The molecule has 0 amide bonds. The van der Waals surface area contributed by atoms with E-state index in [2.05, 4.69) is 0 Å². The van der Waals surface area contributed by atoms with Gasteiger partial charge in [0, 0.05) is 31.4 Å². The van der Waals surface area contributed by atoms with Crippen molar-refractivity contribution in [1.82, 2.24) is 4.90 Å². The minimum Gasteiger partial charge on any atom is -0.502 e. The van der Waals surface area contributed by atoms with Gasteiger partial charge in [-0.15, -0.1) is 0 Å². The summed E-state index contributed by atoms with van der Waals surface area (Å²) in [5.74, 6) is 0.827. The van der Waals surface area contributed by atoms with Gasteiger partial charge in [0.05, 0.1) is 28.4 Å². The number of benzene rings is 2. The van der Waals surface area contributed by atoms with Crippen molar-refractivity contribution in [3.8, 4) is 34.5 Å². The van der Waals surface area contributed by atoms with Crippen molar-refractivity contribution in [3.63, 3.8) is 0 Å². The number of allylic oxidation sites excluding steroid dienone is 1. The van der Waals surface area contributed by atoms with Crippen LogP contribution in [0.3, 0.4) is 0 Å². The molecule has 160 valence electrons. The van der Waals surface area contributed by atoms with Gasteiger partial charge in [0.25, 0.3) is 0 Å². The van der Waals surface area contributed by atoms with E-state index < -0.39 is 5.92 Å². The van der Waals surface area contributed by atoms with E-state index in [0.717, 1.165) is 0 Å². The van der Waals surface area contributed by atoms with E-state index in [1.54, 1.807) is 35.4 Å². The Morgan fingerprint density at radius 3 is 2.10 bits per heavy atom. The molecule has 0 fully saturated rings. The Kier molecular flexibility index (Phi) is 5.96. The molecule has 0 aromatic heterocycles. The fourth-order valence-corrected chi connectivity index (χ4v) is 3.41. The van der Waals surface area contributed by atoms with E-state index in [9.17, 15) is 9.90 Å². The average Bonchev–Trinajstić information content (AvgIpc) is 3.10. The number of hydrogen-bond donors (Lipinski definition) is 1. The first-order chi connectivity index (χ1) is 14.4. The predicted molar refractivity (Wildman–Crippen MR) is 110 cm³/mol. The number of aromatic hydroxyl groups is 1. The molecule has 2 aromatic carbocycles. The van der Waals surface area contributed by atoms with Crippen molar-refractivity contribution in [3.05, 3.63) is 47.4 Å². The van der Waals surface area contributed by atoms with Gasteiger partial charge in [0.1, 0.15) is 11.7 Å². The van der Waals surface area contributed by atoms with Gasteiger partial charge >= 0.3 is 0 Å². The second-order valence-corrected chi connectivity index (χ2v) is 6.84. The molecule has 2 aromatic rings. The van der Waals surface area contributed by atoms with E-state index in [1.807, 2.05) is 14.1 Å². The highest BCUT2D eigenvalue weighted by molar-refractivity contribution is 6.05. The van der Waals surface area contributed by atoms with Crippen LogP contribution in [0.25, 0.3) is 0 Å². The number of rotatable bonds is 7. The predicted octanol–water partition coefficient (Wildman–Crippen LogP) is 3.19. The summed E-state index contributed by atoms with van der Waals surface area (Å²) in [6, 6.07) is 6.51. The first kappa shape index (κ1) is 21.2. The van der Waals surface area contributed by atoms with Crippen molar-refractivity contribution in [2.45, 2.75) is 5.92 Å². The summed E-state index contributed by atoms with van der Waals surface area (Å²) in [7, 11) is 9.56. The minimum atomic E-state index is -0.762. The van der Waals surface area contributed by atoms with Crippen molar-refractivity contribution in [1.29, 1.82) is 0 Å². The van der Waals surface area contributed by atoms with Crippen LogP contribution in [0.2, 0.25) is 0 Å². The maximum absolute atomic E-state index is 13.6. The number of carbonyl (C=O) groups is 1. The van der Waals surface area contributed by atoms with Crippen LogP contribution in [0.1, 0.15) is 21.8 Å². The maximum Gasteiger partial charge on any atom is 0.203 e. The van der Waals surface area contributed by atoms with Crippen LogP contribution in [0.5, 0.6) is 34.5 Å². The smallest absolute Gasteiger partial charge is 0.203 e. The van der Waals surface area contributed by atoms with Gasteiger partial charge in [-0.1, -0.05) is 6.07 Å². The summed E-state index contributed by atoms with van der Waals surface area (Å²) in [5.41, 5.74) is 0.895. The topological polar surface area (TPSA) is 86.7 Å². The number of methoxy groups -OCH3 is 4.